The van der Waals surface area contributed by atoms with Gasteiger partial charge in [0.25, 0.3) is 0 Å². The van der Waals surface area contributed by atoms with Gasteiger partial charge in [0.2, 0.25) is 0 Å². The minimum absolute atomic E-state index is 0.253. The molecule has 20 heavy (non-hydrogen) atoms. The molecule has 0 saturated carbocycles. The third kappa shape index (κ3) is 2.89. The predicted molar refractivity (Wildman–Crippen MR) is 83.4 cm³/mol. The summed E-state index contributed by atoms with van der Waals surface area (Å²) in [6.07, 6.45) is 3.07. The highest BCUT2D eigenvalue weighted by atomic mass is 16.4. The van der Waals surface area contributed by atoms with Gasteiger partial charge in [0.05, 0.1) is 0 Å². The van der Waals surface area contributed by atoms with Crippen LogP contribution in [0.3, 0.4) is 0 Å². The Morgan fingerprint density at radius 3 is 2.85 bits per heavy atom. The molecule has 1 heterocycles. The van der Waals surface area contributed by atoms with Crippen molar-refractivity contribution in [2.24, 2.45) is 16.3 Å². The number of hydrogen-bond acceptors (Lipinski definition) is 3. The van der Waals surface area contributed by atoms with Gasteiger partial charge >= 0.3 is 0 Å². The van der Waals surface area contributed by atoms with Crippen LogP contribution in [0.2, 0.25) is 0 Å². The van der Waals surface area contributed by atoms with Gasteiger partial charge in [0.1, 0.15) is 5.84 Å². The number of oxime groups is 1. The molecule has 1 unspecified atom stereocenters. The smallest absolute Gasteiger partial charge is 0.144 e. The number of nitrogens with zero attached hydrogens (tertiary/aromatic N) is 2. The second-order valence-corrected chi connectivity index (χ2v) is 6.35. The van der Waals surface area contributed by atoms with Crippen LogP contribution in [0.25, 0.3) is 0 Å². The number of benzene rings is 1. The highest BCUT2D eigenvalue weighted by molar-refractivity contribution is 5.85. The SMILES string of the molecule is CC1Cc2ccccc2N1CCCC(C)(C)C(N)=NO. The zero-order valence-electron chi connectivity index (χ0n) is 12.6. The highest BCUT2D eigenvalue weighted by Crippen LogP contribution is 2.32. The van der Waals surface area contributed by atoms with Gasteiger partial charge < -0.3 is 15.8 Å². The van der Waals surface area contributed by atoms with Crippen LogP contribution >= 0.6 is 0 Å². The van der Waals surface area contributed by atoms with Crippen LogP contribution in [0, 0.1) is 5.41 Å². The fourth-order valence-electron chi connectivity index (χ4n) is 2.93. The van der Waals surface area contributed by atoms with Crippen LogP contribution in [-0.2, 0) is 6.42 Å². The molecule has 1 aromatic rings. The maximum Gasteiger partial charge on any atom is 0.144 e. The Labute approximate surface area is 121 Å². The van der Waals surface area contributed by atoms with E-state index in [2.05, 4.69) is 41.2 Å². The summed E-state index contributed by atoms with van der Waals surface area (Å²) in [5.74, 6) is 0.312. The van der Waals surface area contributed by atoms with Crippen molar-refractivity contribution in [2.75, 3.05) is 11.4 Å². The minimum Gasteiger partial charge on any atom is -0.409 e. The van der Waals surface area contributed by atoms with Gasteiger partial charge in [-0.1, -0.05) is 37.2 Å². The molecule has 1 aliphatic rings. The van der Waals surface area contributed by atoms with Crippen molar-refractivity contribution in [3.05, 3.63) is 29.8 Å². The molecule has 0 aliphatic carbocycles. The summed E-state index contributed by atoms with van der Waals surface area (Å²) in [5.41, 5.74) is 8.29. The van der Waals surface area contributed by atoms with E-state index < -0.39 is 0 Å². The van der Waals surface area contributed by atoms with Gasteiger partial charge in [0.15, 0.2) is 0 Å². The summed E-state index contributed by atoms with van der Waals surface area (Å²) in [6.45, 7) is 7.32. The largest absolute Gasteiger partial charge is 0.409 e. The predicted octanol–water partition coefficient (Wildman–Crippen LogP) is 2.99. The molecule has 4 heteroatoms. The topological polar surface area (TPSA) is 61.8 Å². The lowest BCUT2D eigenvalue weighted by molar-refractivity contribution is 0.304. The molecule has 0 fully saturated rings. The average Bonchev–Trinajstić information content (AvgIpc) is 2.74. The fourth-order valence-corrected chi connectivity index (χ4v) is 2.93. The summed E-state index contributed by atoms with van der Waals surface area (Å²) in [4.78, 5) is 2.47. The van der Waals surface area contributed by atoms with E-state index in [1.54, 1.807) is 0 Å². The second-order valence-electron chi connectivity index (χ2n) is 6.35. The molecule has 2 rings (SSSR count). The molecule has 0 amide bonds. The first-order valence-electron chi connectivity index (χ1n) is 7.28. The van der Waals surface area contributed by atoms with Gasteiger partial charge in [-0.2, -0.15) is 0 Å². The molecule has 1 aliphatic heterocycles. The molecule has 1 aromatic carbocycles. The normalized spacial score (nSPS) is 19.2. The number of anilines is 1. The second kappa shape index (κ2) is 5.73. The average molecular weight is 275 g/mol. The zero-order valence-corrected chi connectivity index (χ0v) is 12.6. The van der Waals surface area contributed by atoms with Crippen molar-refractivity contribution in [2.45, 2.75) is 46.1 Å². The molecule has 4 nitrogen and oxygen atoms in total. The molecule has 110 valence electrons. The van der Waals surface area contributed by atoms with E-state index in [1.165, 1.54) is 11.3 Å². The Balaban J connectivity index is 1.95. The van der Waals surface area contributed by atoms with E-state index >= 15 is 0 Å². The highest BCUT2D eigenvalue weighted by Gasteiger charge is 2.27. The van der Waals surface area contributed by atoms with Gasteiger partial charge in [-0.05, 0) is 37.8 Å². The molecular weight excluding hydrogens is 250 g/mol. The third-order valence-corrected chi connectivity index (χ3v) is 4.35. The standard InChI is InChI=1S/C16H25N3O/c1-12-11-13-7-4-5-8-14(13)19(12)10-6-9-16(2,3)15(17)18-20/h4-5,7-8,12,20H,6,9-11H2,1-3H3,(H2,17,18). The lowest BCUT2D eigenvalue weighted by Crippen LogP contribution is -2.34. The van der Waals surface area contributed by atoms with Crippen LogP contribution in [0.5, 0.6) is 0 Å². The van der Waals surface area contributed by atoms with E-state index in [-0.39, 0.29) is 5.41 Å². The maximum atomic E-state index is 8.81. The molecular formula is C16H25N3O. The fraction of sp³-hybridized carbons (Fsp3) is 0.562. The van der Waals surface area contributed by atoms with E-state index in [0.29, 0.717) is 11.9 Å². The lowest BCUT2D eigenvalue weighted by Gasteiger charge is -2.28. The Hall–Kier alpha value is -1.71. The molecule has 0 spiro atoms. The van der Waals surface area contributed by atoms with Crippen molar-refractivity contribution < 1.29 is 5.21 Å². The van der Waals surface area contributed by atoms with E-state index in [0.717, 1.165) is 25.8 Å². The maximum absolute atomic E-state index is 8.81. The summed E-state index contributed by atoms with van der Waals surface area (Å²) in [5, 5.41) is 11.9. The van der Waals surface area contributed by atoms with Crippen molar-refractivity contribution in [3.63, 3.8) is 0 Å². The molecule has 0 bridgehead atoms. The number of rotatable bonds is 5. The monoisotopic (exact) mass is 275 g/mol. The van der Waals surface area contributed by atoms with E-state index in [4.69, 9.17) is 10.9 Å². The van der Waals surface area contributed by atoms with Gasteiger partial charge in [-0.3, -0.25) is 0 Å². The Bertz CT molecular complexity index is 496. The molecule has 0 aromatic heterocycles. The summed E-state index contributed by atoms with van der Waals surface area (Å²) >= 11 is 0. The number of nitrogens with two attached hydrogens (primary N) is 1. The molecule has 0 saturated heterocycles. The summed E-state index contributed by atoms with van der Waals surface area (Å²) < 4.78 is 0. The van der Waals surface area contributed by atoms with E-state index in [9.17, 15) is 0 Å². The molecule has 0 radical (unpaired) electrons. The third-order valence-electron chi connectivity index (χ3n) is 4.35. The molecule has 3 N–H and O–H groups in total. The van der Waals surface area contributed by atoms with E-state index in [1.807, 2.05) is 13.8 Å². The Morgan fingerprint density at radius 1 is 1.45 bits per heavy atom. The first-order valence-corrected chi connectivity index (χ1v) is 7.28. The van der Waals surface area contributed by atoms with Crippen molar-refractivity contribution in [1.29, 1.82) is 0 Å². The number of hydrogen-bond donors (Lipinski definition) is 2. The van der Waals surface area contributed by atoms with Crippen LogP contribution in [0.1, 0.15) is 39.2 Å². The lowest BCUT2D eigenvalue weighted by atomic mass is 9.86. The summed E-state index contributed by atoms with van der Waals surface area (Å²) in [6, 6.07) is 9.18. The number of fused-ring (bicyclic) bond motifs is 1. The van der Waals surface area contributed by atoms with Gasteiger partial charge in [-0.25, -0.2) is 0 Å². The van der Waals surface area contributed by atoms with Crippen LogP contribution in [0.4, 0.5) is 5.69 Å². The van der Waals surface area contributed by atoms with Crippen LogP contribution in [-0.4, -0.2) is 23.6 Å². The van der Waals surface area contributed by atoms with Crippen LogP contribution < -0.4 is 10.6 Å². The van der Waals surface area contributed by atoms with Crippen molar-refractivity contribution in [3.8, 4) is 0 Å². The Morgan fingerprint density at radius 2 is 2.15 bits per heavy atom. The first-order chi connectivity index (χ1) is 9.45. The van der Waals surface area contributed by atoms with Crippen molar-refractivity contribution >= 4 is 11.5 Å². The quantitative estimate of drug-likeness (QED) is 0.376. The van der Waals surface area contributed by atoms with Crippen LogP contribution in [0.15, 0.2) is 29.4 Å². The zero-order chi connectivity index (χ0) is 14.8. The van der Waals surface area contributed by atoms with Gasteiger partial charge in [-0.15, -0.1) is 0 Å². The minimum atomic E-state index is -0.253. The van der Waals surface area contributed by atoms with Gasteiger partial charge in [0, 0.05) is 23.7 Å². The first kappa shape index (κ1) is 14.7. The number of para-hydroxylation sites is 1. The molecule has 1 atom stereocenters. The Kier molecular flexibility index (Phi) is 4.21. The summed E-state index contributed by atoms with van der Waals surface area (Å²) in [7, 11) is 0. The number of amidine groups is 1. The van der Waals surface area contributed by atoms with Crippen molar-refractivity contribution in [1.82, 2.24) is 0 Å².